The van der Waals surface area contributed by atoms with Gasteiger partial charge in [0.05, 0.1) is 6.61 Å². The first-order valence-electron chi connectivity index (χ1n) is 9.94. The van der Waals surface area contributed by atoms with Crippen molar-refractivity contribution in [1.82, 2.24) is 0 Å². The summed E-state index contributed by atoms with van der Waals surface area (Å²) >= 11 is 0. The van der Waals surface area contributed by atoms with Crippen molar-refractivity contribution >= 4 is 11.6 Å². The van der Waals surface area contributed by atoms with E-state index in [-0.39, 0.29) is 17.6 Å². The molecule has 0 aromatic heterocycles. The molecule has 0 spiro atoms. The minimum Gasteiger partial charge on any atom is -0.487 e. The molecule has 26 heavy (non-hydrogen) atoms. The van der Waals surface area contributed by atoms with E-state index >= 15 is 0 Å². The summed E-state index contributed by atoms with van der Waals surface area (Å²) in [6, 6.07) is 0. The van der Waals surface area contributed by atoms with Crippen LogP contribution in [0.25, 0.3) is 0 Å². The van der Waals surface area contributed by atoms with Crippen LogP contribution in [0.3, 0.4) is 0 Å². The number of amides is 1. The van der Waals surface area contributed by atoms with E-state index < -0.39 is 10.9 Å². The third-order valence-electron chi connectivity index (χ3n) is 6.25. The highest BCUT2D eigenvalue weighted by Gasteiger charge is 2.30. The van der Waals surface area contributed by atoms with E-state index in [0.29, 0.717) is 30.7 Å². The number of anilines is 1. The molecular weight excluding hydrogens is 332 g/mol. The normalized spacial score (nSPS) is 24.0. The number of nitrogens with two attached hydrogens (primary N) is 1. The van der Waals surface area contributed by atoms with Gasteiger partial charge < -0.3 is 15.4 Å². The molecule has 1 amide bonds. The van der Waals surface area contributed by atoms with Gasteiger partial charge in [-0.2, -0.15) is 0 Å². The zero-order chi connectivity index (χ0) is 18.7. The fourth-order valence-electron chi connectivity index (χ4n) is 4.57. The van der Waals surface area contributed by atoms with Gasteiger partial charge in [-0.25, -0.2) is 0 Å². The van der Waals surface area contributed by atoms with E-state index in [0.717, 1.165) is 32.1 Å². The van der Waals surface area contributed by atoms with Crippen LogP contribution in [0, 0.1) is 17.8 Å². The van der Waals surface area contributed by atoms with Crippen molar-refractivity contribution < 1.29 is 9.53 Å². The molecule has 2 saturated carbocycles. The van der Waals surface area contributed by atoms with Gasteiger partial charge in [-0.15, -0.1) is 0 Å². The zero-order valence-electron chi connectivity index (χ0n) is 15.7. The third kappa shape index (κ3) is 4.10. The highest BCUT2D eigenvalue weighted by molar-refractivity contribution is 5.76. The second-order valence-electron chi connectivity index (χ2n) is 8.12. The topological polar surface area (TPSA) is 89.7 Å². The summed E-state index contributed by atoms with van der Waals surface area (Å²) in [7, 11) is 1.85. The quantitative estimate of drug-likeness (QED) is 0.714. The molecular formula is C20H30N2O4. The monoisotopic (exact) mass is 362 g/mol. The summed E-state index contributed by atoms with van der Waals surface area (Å²) in [5, 5.41) is 0. The average Bonchev–Trinajstić information content (AvgIpc) is 3.14. The maximum Gasteiger partial charge on any atom is 0.272 e. The summed E-state index contributed by atoms with van der Waals surface area (Å²) in [5.41, 5.74) is 4.88. The molecule has 144 valence electrons. The molecule has 0 unspecified atom stereocenters. The van der Waals surface area contributed by atoms with Crippen LogP contribution in [0.4, 0.5) is 5.69 Å². The van der Waals surface area contributed by atoms with Gasteiger partial charge in [-0.1, -0.05) is 25.7 Å². The molecule has 6 heteroatoms. The maximum absolute atomic E-state index is 12.0. The number of rotatable bonds is 8. The second kappa shape index (κ2) is 8.23. The van der Waals surface area contributed by atoms with Crippen LogP contribution in [0.5, 0.6) is 5.75 Å². The molecule has 1 aromatic carbocycles. The van der Waals surface area contributed by atoms with Gasteiger partial charge in [0.2, 0.25) is 5.91 Å². The van der Waals surface area contributed by atoms with Crippen molar-refractivity contribution in [3.8, 4) is 5.75 Å². The van der Waals surface area contributed by atoms with Crippen LogP contribution in [0.2, 0.25) is 0 Å². The Kier molecular flexibility index (Phi) is 5.99. The standard InChI is InChI=1S/C20H30N2O4/c1-22(12-14-6-8-15(9-7-14)20(21)25)16-17(23)18(24)19(16)26-11-10-13-4-2-3-5-13/h13-15H,2-12H2,1H3,(H2,21,25). The molecule has 0 atom stereocenters. The van der Waals surface area contributed by atoms with E-state index in [1.807, 2.05) is 11.9 Å². The summed E-state index contributed by atoms with van der Waals surface area (Å²) in [4.78, 5) is 37.1. The molecule has 0 radical (unpaired) electrons. The lowest BCUT2D eigenvalue weighted by atomic mass is 9.81. The van der Waals surface area contributed by atoms with E-state index in [4.69, 9.17) is 10.5 Å². The van der Waals surface area contributed by atoms with Crippen molar-refractivity contribution in [2.45, 2.75) is 57.8 Å². The van der Waals surface area contributed by atoms with Crippen LogP contribution in [0.15, 0.2) is 9.59 Å². The van der Waals surface area contributed by atoms with E-state index in [2.05, 4.69) is 0 Å². The molecule has 3 rings (SSSR count). The van der Waals surface area contributed by atoms with Gasteiger partial charge in [0.15, 0.2) is 5.75 Å². The van der Waals surface area contributed by atoms with E-state index in [9.17, 15) is 14.4 Å². The fourth-order valence-corrected chi connectivity index (χ4v) is 4.57. The molecule has 1 aromatic rings. The SMILES string of the molecule is CN(CC1CCC(C(N)=O)CC1)c1c(OCCC2CCCC2)c(=O)c1=O. The average molecular weight is 362 g/mol. The van der Waals surface area contributed by atoms with Crippen LogP contribution in [0.1, 0.15) is 57.8 Å². The third-order valence-corrected chi connectivity index (χ3v) is 6.25. The number of nitrogens with zero attached hydrogens (tertiary/aromatic N) is 1. The highest BCUT2D eigenvalue weighted by Crippen LogP contribution is 2.32. The Hall–Kier alpha value is -1.85. The largest absolute Gasteiger partial charge is 0.487 e. The molecule has 2 fully saturated rings. The number of hydrogen-bond acceptors (Lipinski definition) is 5. The lowest BCUT2D eigenvalue weighted by Gasteiger charge is -2.31. The predicted molar refractivity (Wildman–Crippen MR) is 101 cm³/mol. The van der Waals surface area contributed by atoms with Crippen LogP contribution < -0.4 is 26.2 Å². The summed E-state index contributed by atoms with van der Waals surface area (Å²) in [5.74, 6) is 1.13. The van der Waals surface area contributed by atoms with Crippen LogP contribution in [-0.4, -0.2) is 26.1 Å². The van der Waals surface area contributed by atoms with Gasteiger partial charge in [0.25, 0.3) is 10.9 Å². The smallest absolute Gasteiger partial charge is 0.272 e. The fraction of sp³-hybridized carbons (Fsp3) is 0.750. The van der Waals surface area contributed by atoms with Crippen molar-refractivity contribution in [2.24, 2.45) is 23.5 Å². The summed E-state index contributed by atoms with van der Waals surface area (Å²) in [6.07, 6.45) is 9.49. The molecule has 0 saturated heterocycles. The van der Waals surface area contributed by atoms with Crippen molar-refractivity contribution in [3.63, 3.8) is 0 Å². The first-order chi connectivity index (χ1) is 12.5. The Morgan fingerprint density at radius 3 is 2.31 bits per heavy atom. The molecule has 2 aliphatic rings. The number of hydrogen-bond donors (Lipinski definition) is 1. The minimum atomic E-state index is -0.490. The van der Waals surface area contributed by atoms with E-state index in [1.54, 1.807) is 0 Å². The molecule has 0 aliphatic heterocycles. The minimum absolute atomic E-state index is 0.0165. The Bertz CT molecular complexity index is 693. The molecule has 0 heterocycles. The number of ether oxygens (including phenoxy) is 1. The zero-order valence-corrected chi connectivity index (χ0v) is 15.7. The van der Waals surface area contributed by atoms with Gasteiger partial charge in [-0.05, 0) is 43.9 Å². The summed E-state index contributed by atoms with van der Waals surface area (Å²) < 4.78 is 5.70. The van der Waals surface area contributed by atoms with Crippen LogP contribution >= 0.6 is 0 Å². The highest BCUT2D eigenvalue weighted by atomic mass is 16.5. The first-order valence-corrected chi connectivity index (χ1v) is 9.94. The van der Waals surface area contributed by atoms with Gasteiger partial charge >= 0.3 is 0 Å². The Morgan fingerprint density at radius 1 is 1.04 bits per heavy atom. The molecule has 2 N–H and O–H groups in total. The van der Waals surface area contributed by atoms with Crippen molar-refractivity contribution in [2.75, 3.05) is 25.1 Å². The van der Waals surface area contributed by atoms with Gasteiger partial charge in [-0.3, -0.25) is 14.4 Å². The lowest BCUT2D eigenvalue weighted by molar-refractivity contribution is -0.122. The molecule has 2 aliphatic carbocycles. The van der Waals surface area contributed by atoms with Crippen molar-refractivity contribution in [1.29, 1.82) is 0 Å². The van der Waals surface area contributed by atoms with Crippen molar-refractivity contribution in [3.05, 3.63) is 20.4 Å². The van der Waals surface area contributed by atoms with Gasteiger partial charge in [0.1, 0.15) is 5.69 Å². The summed E-state index contributed by atoms with van der Waals surface area (Å²) in [6.45, 7) is 1.22. The Balaban J connectivity index is 1.52. The Morgan fingerprint density at radius 2 is 1.69 bits per heavy atom. The predicted octanol–water partition coefficient (Wildman–Crippen LogP) is 1.97. The van der Waals surface area contributed by atoms with E-state index in [1.165, 1.54) is 25.7 Å². The lowest BCUT2D eigenvalue weighted by Crippen LogP contribution is -2.42. The van der Waals surface area contributed by atoms with Crippen LogP contribution in [-0.2, 0) is 4.79 Å². The number of carbonyl (C=O) groups excluding carboxylic acids is 1. The van der Waals surface area contributed by atoms with Gasteiger partial charge in [0, 0.05) is 19.5 Å². The maximum atomic E-state index is 12.0. The number of primary amides is 1. The Labute approximate surface area is 154 Å². The second-order valence-corrected chi connectivity index (χ2v) is 8.12. The number of carbonyl (C=O) groups is 1. The molecule has 6 nitrogen and oxygen atoms in total. The molecule has 0 bridgehead atoms. The first kappa shape index (κ1) is 18.9.